The van der Waals surface area contributed by atoms with Gasteiger partial charge in [0.2, 0.25) is 4.34 Å². The first kappa shape index (κ1) is 24.7. The molecule has 1 aliphatic rings. The van der Waals surface area contributed by atoms with Crippen LogP contribution in [0.4, 0.5) is 4.39 Å². The Bertz CT molecular complexity index is 1350. The number of nitrogens with zero attached hydrogens (tertiary/aromatic N) is 2. The van der Waals surface area contributed by atoms with Gasteiger partial charge in [0.1, 0.15) is 37.4 Å². The Hall–Kier alpha value is -3.46. The molecule has 11 nitrogen and oxygen atoms in total. The maximum Gasteiger partial charge on any atom is 0.328 e. The van der Waals surface area contributed by atoms with Crippen LogP contribution >= 0.6 is 11.3 Å². The third-order valence-electron chi connectivity index (χ3n) is 4.94. The molecule has 4 rings (SSSR count). The molecule has 5 N–H and O–H groups in total. The van der Waals surface area contributed by atoms with Crippen LogP contribution in [-0.4, -0.2) is 55.4 Å². The number of rotatable bonds is 11. The maximum atomic E-state index is 12.2. The van der Waals surface area contributed by atoms with E-state index in [9.17, 15) is 22.7 Å². The SMILES string of the molecule is NS(=O)(=O)c1nc2ccc(OCC3=CN([C@@H](Cc4ccc(OCCF)cc4)C(=O)O)NN3)cc2s1. The Morgan fingerprint density at radius 3 is 2.63 bits per heavy atom. The van der Waals surface area contributed by atoms with E-state index in [0.717, 1.165) is 16.9 Å². The molecule has 0 spiro atoms. The lowest BCUT2D eigenvalue weighted by molar-refractivity contribution is -0.143. The highest BCUT2D eigenvalue weighted by Gasteiger charge is 2.27. The Balaban J connectivity index is 1.38. The molecule has 35 heavy (non-hydrogen) atoms. The number of fused-ring (bicyclic) bond motifs is 1. The second-order valence-corrected chi connectivity index (χ2v) is 10.2. The van der Waals surface area contributed by atoms with Crippen LogP contribution in [0.1, 0.15) is 5.56 Å². The Morgan fingerprint density at radius 2 is 1.94 bits per heavy atom. The Morgan fingerprint density at radius 1 is 1.20 bits per heavy atom. The zero-order chi connectivity index (χ0) is 25.0. The number of alkyl halides is 1. The van der Waals surface area contributed by atoms with Gasteiger partial charge in [0.05, 0.1) is 15.9 Å². The lowest BCUT2D eigenvalue weighted by Crippen LogP contribution is -2.48. The lowest BCUT2D eigenvalue weighted by atomic mass is 10.1. The molecule has 1 aromatic heterocycles. The van der Waals surface area contributed by atoms with Crippen LogP contribution in [0.25, 0.3) is 10.2 Å². The molecule has 0 bridgehead atoms. The number of hydrogen-bond donors (Lipinski definition) is 4. The third kappa shape index (κ3) is 6.16. The van der Waals surface area contributed by atoms with Crippen molar-refractivity contribution in [3.8, 4) is 11.5 Å². The van der Waals surface area contributed by atoms with Crippen LogP contribution in [0.5, 0.6) is 11.5 Å². The number of hydrazine groups is 2. The highest BCUT2D eigenvalue weighted by atomic mass is 32.2. The number of nitrogens with two attached hydrogens (primary N) is 1. The highest BCUT2D eigenvalue weighted by Crippen LogP contribution is 2.28. The Labute approximate surface area is 204 Å². The fourth-order valence-corrected chi connectivity index (χ4v) is 4.96. The molecule has 1 atom stereocenters. The van der Waals surface area contributed by atoms with Crippen LogP contribution in [-0.2, 0) is 21.2 Å². The zero-order valence-corrected chi connectivity index (χ0v) is 19.8. The number of carbonyl (C=O) groups is 1. The minimum atomic E-state index is -3.89. The summed E-state index contributed by atoms with van der Waals surface area (Å²) in [5, 5.41) is 16.3. The predicted octanol–water partition coefficient (Wildman–Crippen LogP) is 1.53. The topological polar surface area (TPSA) is 156 Å². The summed E-state index contributed by atoms with van der Waals surface area (Å²) in [6, 6.07) is 10.8. The molecule has 3 aromatic rings. The van der Waals surface area contributed by atoms with E-state index in [1.54, 1.807) is 48.7 Å². The smallest absolute Gasteiger partial charge is 0.328 e. The summed E-state index contributed by atoms with van der Waals surface area (Å²) in [6.07, 6.45) is 1.80. The average Bonchev–Trinajstić information content (AvgIpc) is 3.47. The normalized spacial score (nSPS) is 14.5. The molecule has 0 amide bonds. The fraction of sp³-hybridized carbons (Fsp3) is 0.238. The first-order valence-electron chi connectivity index (χ1n) is 10.3. The first-order chi connectivity index (χ1) is 16.7. The summed E-state index contributed by atoms with van der Waals surface area (Å²) in [7, 11) is -3.89. The van der Waals surface area contributed by atoms with Crippen molar-refractivity contribution in [2.45, 2.75) is 16.8 Å². The molecule has 0 fully saturated rings. The number of primary sulfonamides is 1. The standard InChI is InChI=1S/C21H22FN5O6S2/c22-7-8-32-15-3-1-13(2-4-15)9-18(20(28)29)27-11-14(25-26-27)12-33-16-5-6-17-19(10-16)34-21(24-17)35(23,30)31/h1-6,10-11,18,25-26H,7-9,12H2,(H,28,29)(H2,23,30,31)/t18-/m0/s1. The van der Waals surface area contributed by atoms with Gasteiger partial charge in [0.15, 0.2) is 0 Å². The molecule has 0 radical (unpaired) electrons. The fourth-order valence-electron chi connectivity index (χ4n) is 3.27. The minimum absolute atomic E-state index is 0.0369. The number of aliphatic carboxylic acids is 1. The number of carboxylic acids is 1. The van der Waals surface area contributed by atoms with Gasteiger partial charge in [-0.3, -0.25) is 5.01 Å². The summed E-state index contributed by atoms with van der Waals surface area (Å²) in [4.78, 5) is 15.9. The van der Waals surface area contributed by atoms with E-state index in [1.807, 2.05) is 0 Å². The molecule has 2 heterocycles. The number of hydrogen-bond acceptors (Lipinski definition) is 10. The summed E-state index contributed by atoms with van der Waals surface area (Å²) in [5.41, 5.74) is 7.53. The molecular formula is C21H22FN5O6S2. The molecule has 186 valence electrons. The van der Waals surface area contributed by atoms with Crippen molar-refractivity contribution in [2.24, 2.45) is 5.14 Å². The van der Waals surface area contributed by atoms with E-state index in [-0.39, 0.29) is 24.0 Å². The summed E-state index contributed by atoms with van der Waals surface area (Å²) in [5.74, 6) is -0.0409. The van der Waals surface area contributed by atoms with Crippen molar-refractivity contribution < 1.29 is 32.2 Å². The number of nitrogens with one attached hydrogen (secondary N) is 2. The van der Waals surface area contributed by atoms with E-state index in [2.05, 4.69) is 15.9 Å². The number of halogens is 1. The molecule has 14 heteroatoms. The summed E-state index contributed by atoms with van der Waals surface area (Å²) in [6.45, 7) is -0.526. The van der Waals surface area contributed by atoms with E-state index < -0.39 is 28.7 Å². The molecule has 0 aliphatic carbocycles. The maximum absolute atomic E-state index is 12.2. The van der Waals surface area contributed by atoms with E-state index >= 15 is 0 Å². The van der Waals surface area contributed by atoms with Crippen LogP contribution in [0.15, 0.2) is 58.7 Å². The summed E-state index contributed by atoms with van der Waals surface area (Å²) < 4.78 is 46.6. The minimum Gasteiger partial charge on any atom is -0.491 e. The zero-order valence-electron chi connectivity index (χ0n) is 18.2. The van der Waals surface area contributed by atoms with Gasteiger partial charge in [-0.1, -0.05) is 12.1 Å². The molecule has 0 saturated carbocycles. The van der Waals surface area contributed by atoms with Gasteiger partial charge >= 0.3 is 5.97 Å². The molecular weight excluding hydrogens is 501 g/mol. The monoisotopic (exact) mass is 523 g/mol. The molecule has 1 aliphatic heterocycles. The van der Waals surface area contributed by atoms with Crippen LogP contribution < -0.4 is 25.6 Å². The van der Waals surface area contributed by atoms with Crippen molar-refractivity contribution >= 4 is 37.5 Å². The summed E-state index contributed by atoms with van der Waals surface area (Å²) >= 11 is 0.945. The van der Waals surface area contributed by atoms with Gasteiger partial charge in [0, 0.05) is 12.6 Å². The van der Waals surface area contributed by atoms with Gasteiger partial charge in [-0.25, -0.2) is 27.7 Å². The Kier molecular flexibility index (Phi) is 7.35. The van der Waals surface area contributed by atoms with Gasteiger partial charge < -0.3 is 20.0 Å². The van der Waals surface area contributed by atoms with Crippen molar-refractivity contribution in [1.29, 1.82) is 0 Å². The average molecular weight is 524 g/mol. The van der Waals surface area contributed by atoms with Gasteiger partial charge in [-0.05, 0) is 35.9 Å². The number of thiazole rings is 1. The van der Waals surface area contributed by atoms with E-state index in [1.165, 1.54) is 5.01 Å². The van der Waals surface area contributed by atoms with E-state index in [4.69, 9.17) is 14.6 Å². The third-order valence-corrected chi connectivity index (χ3v) is 7.28. The number of aromatic nitrogens is 1. The van der Waals surface area contributed by atoms with Crippen molar-refractivity contribution in [3.05, 3.63) is 59.9 Å². The number of benzene rings is 2. The molecule has 2 aromatic carbocycles. The van der Waals surface area contributed by atoms with Crippen LogP contribution in [0, 0.1) is 0 Å². The number of ether oxygens (including phenoxy) is 2. The molecule has 0 saturated heterocycles. The molecule has 0 unspecified atom stereocenters. The number of sulfonamides is 1. The number of carboxylic acid groups (broad SMARTS) is 1. The van der Waals surface area contributed by atoms with Crippen molar-refractivity contribution in [2.75, 3.05) is 19.9 Å². The quantitative estimate of drug-likeness (QED) is 0.291. The van der Waals surface area contributed by atoms with Gasteiger partial charge in [-0.2, -0.15) is 0 Å². The first-order valence-corrected chi connectivity index (χ1v) is 12.7. The predicted molar refractivity (Wildman–Crippen MR) is 126 cm³/mol. The largest absolute Gasteiger partial charge is 0.491 e. The van der Waals surface area contributed by atoms with Crippen molar-refractivity contribution in [3.63, 3.8) is 0 Å². The van der Waals surface area contributed by atoms with Crippen LogP contribution in [0.3, 0.4) is 0 Å². The van der Waals surface area contributed by atoms with E-state index in [0.29, 0.717) is 27.4 Å². The second kappa shape index (κ2) is 10.4. The lowest BCUT2D eigenvalue weighted by Gasteiger charge is -2.23. The second-order valence-electron chi connectivity index (χ2n) is 7.48. The van der Waals surface area contributed by atoms with Crippen LogP contribution in [0.2, 0.25) is 0 Å². The van der Waals surface area contributed by atoms with Gasteiger partial charge in [0.25, 0.3) is 10.0 Å². The van der Waals surface area contributed by atoms with Gasteiger partial charge in [-0.15, -0.1) is 16.9 Å². The van der Waals surface area contributed by atoms with Crippen molar-refractivity contribution in [1.82, 2.24) is 21.0 Å². The highest BCUT2D eigenvalue weighted by molar-refractivity contribution is 7.91.